The van der Waals surface area contributed by atoms with Crippen molar-refractivity contribution in [1.29, 1.82) is 0 Å². The van der Waals surface area contributed by atoms with E-state index < -0.39 is 30.5 Å². The van der Waals surface area contributed by atoms with Crippen LogP contribution in [0.5, 0.6) is 0 Å². The second kappa shape index (κ2) is 12.0. The number of hydrogen-bond donors (Lipinski definition) is 2. The number of aryl methyl sites for hydroxylation is 1. The van der Waals surface area contributed by atoms with Gasteiger partial charge in [-0.2, -0.15) is 31.3 Å². The molecule has 15 heteroatoms. The van der Waals surface area contributed by atoms with E-state index in [0.29, 0.717) is 12.8 Å². The molecule has 0 atom stereocenters. The first-order valence-electron chi connectivity index (χ1n) is 11.3. The average molecular weight is 554 g/mol. The molecule has 0 saturated heterocycles. The summed E-state index contributed by atoms with van der Waals surface area (Å²) in [4.78, 5) is 35.0. The molecule has 0 bridgehead atoms. The molecular weight excluding hydrogens is 531 g/mol. The highest BCUT2D eigenvalue weighted by atomic mass is 19.4. The summed E-state index contributed by atoms with van der Waals surface area (Å²) in [6.45, 7) is -0.618. The Bertz CT molecular complexity index is 1460. The summed E-state index contributed by atoms with van der Waals surface area (Å²) in [5, 5.41) is 14.6. The number of amides is 1. The van der Waals surface area contributed by atoms with Gasteiger partial charge < -0.3 is 15.7 Å². The zero-order valence-electron chi connectivity index (χ0n) is 20.5. The van der Waals surface area contributed by atoms with Crippen molar-refractivity contribution in [1.82, 2.24) is 19.8 Å². The monoisotopic (exact) mass is 554 g/mol. The van der Waals surface area contributed by atoms with E-state index in [-0.39, 0.29) is 24.6 Å². The number of aromatic nitrogens is 4. The van der Waals surface area contributed by atoms with E-state index in [1.165, 1.54) is 0 Å². The molecule has 0 saturated carbocycles. The normalized spacial score (nSPS) is 12.9. The van der Waals surface area contributed by atoms with E-state index >= 15 is 0 Å². The van der Waals surface area contributed by atoms with Crippen molar-refractivity contribution in [3.8, 4) is 11.1 Å². The van der Waals surface area contributed by atoms with E-state index in [1.807, 2.05) is 36.4 Å². The second-order valence-corrected chi connectivity index (χ2v) is 8.44. The zero-order chi connectivity index (χ0) is 28.9. The lowest BCUT2D eigenvalue weighted by Crippen LogP contribution is -2.30. The summed E-state index contributed by atoms with van der Waals surface area (Å²) < 4.78 is 59.4. The average Bonchev–Trinajstić information content (AvgIpc) is 3.22. The maximum absolute atomic E-state index is 12.8. The number of anilines is 1. The smallest absolute Gasteiger partial charge is 0.475 e. The molecule has 1 aliphatic rings. The van der Waals surface area contributed by atoms with Crippen LogP contribution in [0.15, 0.2) is 58.9 Å². The number of carbonyl (C=O) groups excluding carboxylic acids is 1. The third-order valence-electron chi connectivity index (χ3n) is 5.81. The van der Waals surface area contributed by atoms with Gasteiger partial charge >= 0.3 is 17.8 Å². The van der Waals surface area contributed by atoms with Crippen LogP contribution in [-0.4, -0.2) is 56.5 Å². The molecule has 0 aliphatic carbocycles. The third kappa shape index (κ3) is 7.13. The summed E-state index contributed by atoms with van der Waals surface area (Å²) in [5.41, 5.74) is 9.15. The van der Waals surface area contributed by atoms with Crippen molar-refractivity contribution in [2.45, 2.75) is 32.1 Å². The Balaban J connectivity index is 0.000000532. The number of hydrogen-bond acceptors (Lipinski definition) is 6. The molecule has 2 heterocycles. The van der Waals surface area contributed by atoms with Crippen molar-refractivity contribution >= 4 is 17.6 Å². The molecule has 208 valence electrons. The quantitative estimate of drug-likeness (QED) is 0.447. The Morgan fingerprint density at radius 2 is 1.67 bits per heavy atom. The minimum absolute atomic E-state index is 0.106. The number of carbonyl (C=O) groups is 2. The Morgan fingerprint density at radius 1 is 1.03 bits per heavy atom. The van der Waals surface area contributed by atoms with Gasteiger partial charge in [-0.1, -0.05) is 24.3 Å². The molecule has 4 rings (SSSR count). The van der Waals surface area contributed by atoms with Crippen LogP contribution < -0.4 is 16.3 Å². The van der Waals surface area contributed by atoms with E-state index in [1.54, 1.807) is 11.9 Å². The lowest BCUT2D eigenvalue weighted by atomic mass is 9.95. The molecule has 1 aromatic heterocycles. The van der Waals surface area contributed by atoms with Gasteiger partial charge in [0.1, 0.15) is 0 Å². The molecule has 3 N–H and O–H groups in total. The maximum atomic E-state index is 12.8. The number of nitrogens with zero attached hydrogens (tertiary/aromatic N) is 5. The number of halogens is 5. The predicted octanol–water partition coefficient (Wildman–Crippen LogP) is 2.81. The van der Waals surface area contributed by atoms with Crippen molar-refractivity contribution in [3.05, 3.63) is 75.7 Å². The van der Waals surface area contributed by atoms with E-state index in [4.69, 9.17) is 15.6 Å². The first kappa shape index (κ1) is 29.2. The second-order valence-electron chi connectivity index (χ2n) is 8.44. The van der Waals surface area contributed by atoms with Gasteiger partial charge in [0.15, 0.2) is 0 Å². The van der Waals surface area contributed by atoms with Crippen LogP contribution in [0.2, 0.25) is 0 Å². The van der Waals surface area contributed by atoms with E-state index in [2.05, 4.69) is 16.5 Å². The molecule has 0 spiro atoms. The summed E-state index contributed by atoms with van der Waals surface area (Å²) >= 11 is 0. The van der Waals surface area contributed by atoms with Crippen LogP contribution in [-0.2, 0) is 29.1 Å². The highest BCUT2D eigenvalue weighted by Crippen LogP contribution is 2.31. The van der Waals surface area contributed by atoms with Gasteiger partial charge in [-0.05, 0) is 57.3 Å². The molecule has 1 aliphatic heterocycles. The lowest BCUT2D eigenvalue weighted by Gasteiger charge is -2.26. The van der Waals surface area contributed by atoms with Crippen molar-refractivity contribution < 1.29 is 36.6 Å². The standard InChI is InChI=1S/C22H22F2N6O2.C2HF3O2/c1-28-19-7-5-16(10-17(19)6-8-20(28)31)15-4-2-3-14(9-15)12-29-22(32)30(27-26-29)13-18(11-25)21(23)24;3-2(4,5)1(6)7/h2-5,7,9-10H,6,8,11-13,25H2,1H3;(H,6,7). The molecule has 10 nitrogen and oxygen atoms in total. The molecule has 0 radical (unpaired) electrons. The predicted molar refractivity (Wildman–Crippen MR) is 129 cm³/mol. The largest absolute Gasteiger partial charge is 0.490 e. The SMILES string of the molecule is CN1C(=O)CCc2cc(-c3cccc(Cn4nnn(CC(CN)=C(F)F)c4=O)c3)ccc21.O=C(O)C(F)(F)F. The minimum atomic E-state index is -5.08. The number of nitrogens with two attached hydrogens (primary N) is 1. The molecule has 2 aromatic carbocycles. The molecule has 3 aromatic rings. The van der Waals surface area contributed by atoms with Gasteiger partial charge in [-0.3, -0.25) is 4.79 Å². The van der Waals surface area contributed by atoms with Crippen LogP contribution in [0, 0.1) is 0 Å². The number of benzene rings is 2. The Kier molecular flexibility index (Phi) is 8.96. The Morgan fingerprint density at radius 3 is 2.28 bits per heavy atom. The van der Waals surface area contributed by atoms with Gasteiger partial charge in [0.25, 0.3) is 6.08 Å². The molecule has 39 heavy (non-hydrogen) atoms. The van der Waals surface area contributed by atoms with Gasteiger partial charge in [0, 0.05) is 31.3 Å². The fraction of sp³-hybridized carbons (Fsp3) is 0.292. The van der Waals surface area contributed by atoms with Crippen LogP contribution in [0.4, 0.5) is 27.6 Å². The lowest BCUT2D eigenvalue weighted by molar-refractivity contribution is -0.192. The summed E-state index contributed by atoms with van der Waals surface area (Å²) in [6.07, 6.45) is -5.82. The molecule has 1 amide bonds. The number of carboxylic acid groups (broad SMARTS) is 1. The van der Waals surface area contributed by atoms with E-state index in [0.717, 1.165) is 37.3 Å². The first-order chi connectivity index (χ1) is 18.3. The molecule has 0 unspecified atom stereocenters. The summed E-state index contributed by atoms with van der Waals surface area (Å²) in [6, 6.07) is 13.6. The number of carboxylic acids is 1. The number of fused-ring (bicyclic) bond motifs is 1. The fourth-order valence-corrected chi connectivity index (χ4v) is 3.75. The number of rotatable bonds is 6. The highest BCUT2D eigenvalue weighted by Gasteiger charge is 2.38. The fourth-order valence-electron chi connectivity index (χ4n) is 3.75. The van der Waals surface area contributed by atoms with Crippen LogP contribution in [0.25, 0.3) is 11.1 Å². The van der Waals surface area contributed by atoms with Crippen LogP contribution in [0.1, 0.15) is 17.5 Å². The van der Waals surface area contributed by atoms with E-state index in [9.17, 15) is 31.5 Å². The molecule has 0 fully saturated rings. The number of aliphatic carboxylic acids is 1. The zero-order valence-corrected chi connectivity index (χ0v) is 20.5. The maximum Gasteiger partial charge on any atom is 0.490 e. The van der Waals surface area contributed by atoms with Gasteiger partial charge in [0.2, 0.25) is 5.91 Å². The van der Waals surface area contributed by atoms with Crippen molar-refractivity contribution in [3.63, 3.8) is 0 Å². The van der Waals surface area contributed by atoms with Crippen LogP contribution >= 0.6 is 0 Å². The number of tetrazole rings is 1. The van der Waals surface area contributed by atoms with Crippen molar-refractivity contribution in [2.75, 3.05) is 18.5 Å². The van der Waals surface area contributed by atoms with Gasteiger partial charge in [-0.15, -0.1) is 0 Å². The Labute approximate surface area is 217 Å². The summed E-state index contributed by atoms with van der Waals surface area (Å²) in [7, 11) is 1.78. The highest BCUT2D eigenvalue weighted by molar-refractivity contribution is 5.96. The first-order valence-corrected chi connectivity index (χ1v) is 11.3. The molecular formula is C24H23F5N6O4. The van der Waals surface area contributed by atoms with Gasteiger partial charge in [-0.25, -0.2) is 9.59 Å². The third-order valence-corrected chi connectivity index (χ3v) is 5.81. The summed E-state index contributed by atoms with van der Waals surface area (Å²) in [5.74, 6) is -2.65. The van der Waals surface area contributed by atoms with Crippen molar-refractivity contribution in [2.24, 2.45) is 5.73 Å². The number of alkyl halides is 3. The van der Waals surface area contributed by atoms with Crippen LogP contribution in [0.3, 0.4) is 0 Å². The minimum Gasteiger partial charge on any atom is -0.475 e. The Hall–Kier alpha value is -4.40. The topological polar surface area (TPSA) is 136 Å². The van der Waals surface area contributed by atoms with Gasteiger partial charge in [0.05, 0.1) is 13.1 Å².